The Kier molecular flexibility index (Phi) is 2.22. The van der Waals surface area contributed by atoms with E-state index in [0.29, 0.717) is 24.3 Å². The van der Waals surface area contributed by atoms with Crippen LogP contribution in [0, 0.1) is 0 Å². The molecule has 3 rings (SSSR count). The molecule has 1 saturated heterocycles. The number of fused-ring (bicyclic) bond motifs is 3. The quantitative estimate of drug-likeness (QED) is 0.687. The number of halogens is 1. The van der Waals surface area contributed by atoms with Gasteiger partial charge in [0.1, 0.15) is 5.15 Å². The van der Waals surface area contributed by atoms with Gasteiger partial charge >= 0.3 is 0 Å². The smallest absolute Gasteiger partial charge is 0.197 e. The van der Waals surface area contributed by atoms with E-state index in [1.165, 1.54) is 0 Å². The van der Waals surface area contributed by atoms with E-state index in [-0.39, 0.29) is 6.04 Å². The molecule has 0 saturated carbocycles. The average Bonchev–Trinajstić information content (AvgIpc) is 2.31. The topological polar surface area (TPSA) is 63.7 Å². The molecule has 1 aromatic heterocycles. The number of rotatable bonds is 0. The number of pyridine rings is 1. The fraction of sp³-hybridized carbons (Fsp3) is 0.400. The first-order valence-electron chi connectivity index (χ1n) is 5.10. The zero-order valence-electron chi connectivity index (χ0n) is 8.56. The minimum Gasteiger partial charge on any atom is -0.377 e. The molecule has 1 aromatic rings. The normalized spacial score (nSPS) is 23.4. The maximum atomic E-state index is 5.90. The molecule has 0 bridgehead atoms. The minimum atomic E-state index is 0.113. The molecule has 2 aliphatic rings. The highest BCUT2D eigenvalue weighted by Gasteiger charge is 2.31. The molecule has 2 N–H and O–H groups in total. The molecule has 3 heterocycles. The van der Waals surface area contributed by atoms with Crippen LogP contribution in [0.15, 0.2) is 17.3 Å². The Morgan fingerprint density at radius 3 is 3.31 bits per heavy atom. The highest BCUT2D eigenvalue weighted by molar-refractivity contribution is 6.29. The van der Waals surface area contributed by atoms with Crippen molar-refractivity contribution in [1.82, 2.24) is 9.88 Å². The second-order valence-corrected chi connectivity index (χ2v) is 4.21. The van der Waals surface area contributed by atoms with E-state index in [0.717, 1.165) is 17.8 Å². The lowest BCUT2D eigenvalue weighted by Gasteiger charge is -2.39. The summed E-state index contributed by atoms with van der Waals surface area (Å²) in [5.41, 5.74) is 7.72. The third-order valence-electron chi connectivity index (χ3n) is 2.90. The summed E-state index contributed by atoms with van der Waals surface area (Å²) in [7, 11) is 0. The number of aromatic nitrogens is 1. The highest BCUT2D eigenvalue weighted by Crippen LogP contribution is 2.36. The Bertz CT molecular complexity index is 462. The van der Waals surface area contributed by atoms with Gasteiger partial charge in [0.15, 0.2) is 5.96 Å². The summed E-state index contributed by atoms with van der Waals surface area (Å²) in [6.45, 7) is 2.06. The Morgan fingerprint density at radius 1 is 1.56 bits per heavy atom. The van der Waals surface area contributed by atoms with Crippen molar-refractivity contribution in [3.05, 3.63) is 23.0 Å². The van der Waals surface area contributed by atoms with Gasteiger partial charge in [-0.15, -0.1) is 0 Å². The van der Waals surface area contributed by atoms with E-state index in [1.54, 1.807) is 6.20 Å². The second-order valence-electron chi connectivity index (χ2n) is 3.82. The van der Waals surface area contributed by atoms with Crippen molar-refractivity contribution in [2.45, 2.75) is 6.04 Å². The molecule has 0 spiro atoms. The summed E-state index contributed by atoms with van der Waals surface area (Å²) in [4.78, 5) is 10.4. The van der Waals surface area contributed by atoms with Gasteiger partial charge in [0.05, 0.1) is 31.1 Å². The van der Waals surface area contributed by atoms with Crippen molar-refractivity contribution in [1.29, 1.82) is 0 Å². The zero-order chi connectivity index (χ0) is 11.1. The van der Waals surface area contributed by atoms with E-state index in [1.807, 2.05) is 11.0 Å². The van der Waals surface area contributed by atoms with Crippen LogP contribution >= 0.6 is 11.6 Å². The molecule has 6 heteroatoms. The number of nitrogens with zero attached hydrogens (tertiary/aromatic N) is 3. The standard InChI is InChI=1S/C10H11ClN4O/c11-9-3-6-7(4-13-9)14-10(12)15-1-2-16-5-8(6)15/h3-4,8H,1-2,5H2,(H2,12,14)/t8-/m1/s1. The molecule has 0 unspecified atom stereocenters. The minimum absolute atomic E-state index is 0.113. The van der Waals surface area contributed by atoms with Crippen LogP contribution in [0.1, 0.15) is 11.6 Å². The molecule has 1 fully saturated rings. The summed E-state index contributed by atoms with van der Waals surface area (Å²) in [5.74, 6) is 0.532. The summed E-state index contributed by atoms with van der Waals surface area (Å²) < 4.78 is 5.47. The average molecular weight is 239 g/mol. The predicted octanol–water partition coefficient (Wildman–Crippen LogP) is 1.07. The molecule has 1 atom stereocenters. The number of hydrogen-bond acceptors (Lipinski definition) is 5. The van der Waals surface area contributed by atoms with Gasteiger partial charge in [0.25, 0.3) is 0 Å². The van der Waals surface area contributed by atoms with Crippen molar-refractivity contribution in [3.63, 3.8) is 0 Å². The van der Waals surface area contributed by atoms with Gasteiger partial charge < -0.3 is 15.4 Å². The predicted molar refractivity (Wildman–Crippen MR) is 60.8 cm³/mol. The van der Waals surface area contributed by atoms with Crippen LogP contribution in [0.5, 0.6) is 0 Å². The number of hydrogen-bond donors (Lipinski definition) is 1. The largest absolute Gasteiger partial charge is 0.377 e. The maximum absolute atomic E-state index is 5.90. The lowest BCUT2D eigenvalue weighted by molar-refractivity contribution is 0.0241. The second kappa shape index (κ2) is 3.61. The summed E-state index contributed by atoms with van der Waals surface area (Å²) >= 11 is 5.89. The Balaban J connectivity index is 2.11. The molecule has 2 aliphatic heterocycles. The van der Waals surface area contributed by atoms with E-state index < -0.39 is 0 Å². The molecular weight excluding hydrogens is 228 g/mol. The lowest BCUT2D eigenvalue weighted by Crippen LogP contribution is -2.48. The highest BCUT2D eigenvalue weighted by atomic mass is 35.5. The fourth-order valence-corrected chi connectivity index (χ4v) is 2.29. The number of nitrogens with two attached hydrogens (primary N) is 1. The lowest BCUT2D eigenvalue weighted by atomic mass is 10.0. The van der Waals surface area contributed by atoms with Crippen LogP contribution in [0.2, 0.25) is 5.15 Å². The summed E-state index contributed by atoms with van der Waals surface area (Å²) in [6.07, 6.45) is 1.65. The van der Waals surface area contributed by atoms with Gasteiger partial charge in [-0.05, 0) is 6.07 Å². The van der Waals surface area contributed by atoms with Gasteiger partial charge in [-0.25, -0.2) is 9.98 Å². The van der Waals surface area contributed by atoms with E-state index >= 15 is 0 Å². The molecule has 0 aromatic carbocycles. The maximum Gasteiger partial charge on any atom is 0.197 e. The molecular formula is C10H11ClN4O. The van der Waals surface area contributed by atoms with Gasteiger partial charge in [0, 0.05) is 12.1 Å². The van der Waals surface area contributed by atoms with E-state index in [2.05, 4.69) is 9.98 Å². The molecule has 0 radical (unpaired) electrons. The molecule has 84 valence electrons. The van der Waals surface area contributed by atoms with Gasteiger partial charge in [-0.2, -0.15) is 0 Å². The van der Waals surface area contributed by atoms with E-state index in [4.69, 9.17) is 22.1 Å². The van der Waals surface area contributed by atoms with Crippen molar-refractivity contribution in [2.75, 3.05) is 19.8 Å². The number of guanidine groups is 1. The Hall–Kier alpha value is -1.33. The van der Waals surface area contributed by atoms with Gasteiger partial charge in [-0.3, -0.25) is 0 Å². The number of aliphatic imine (C=N–C) groups is 1. The van der Waals surface area contributed by atoms with Crippen molar-refractivity contribution >= 4 is 23.2 Å². The van der Waals surface area contributed by atoms with Crippen molar-refractivity contribution < 1.29 is 4.74 Å². The third-order valence-corrected chi connectivity index (χ3v) is 3.10. The third kappa shape index (κ3) is 1.44. The zero-order valence-corrected chi connectivity index (χ0v) is 9.31. The molecule has 16 heavy (non-hydrogen) atoms. The Morgan fingerprint density at radius 2 is 2.44 bits per heavy atom. The van der Waals surface area contributed by atoms with E-state index in [9.17, 15) is 0 Å². The van der Waals surface area contributed by atoms with Crippen LogP contribution in [-0.4, -0.2) is 35.6 Å². The molecule has 0 aliphatic carbocycles. The van der Waals surface area contributed by atoms with Crippen LogP contribution in [-0.2, 0) is 4.74 Å². The SMILES string of the molecule is NC1=Nc2cnc(Cl)cc2[C@H]2COCCN12. The van der Waals surface area contributed by atoms with Crippen molar-refractivity contribution in [2.24, 2.45) is 10.7 Å². The molecule has 0 amide bonds. The van der Waals surface area contributed by atoms with Crippen LogP contribution < -0.4 is 5.73 Å². The fourth-order valence-electron chi connectivity index (χ4n) is 2.12. The summed E-state index contributed by atoms with van der Waals surface area (Å²) in [6, 6.07) is 1.95. The van der Waals surface area contributed by atoms with Crippen LogP contribution in [0.3, 0.4) is 0 Å². The van der Waals surface area contributed by atoms with Crippen molar-refractivity contribution in [3.8, 4) is 0 Å². The van der Waals surface area contributed by atoms with Gasteiger partial charge in [0.2, 0.25) is 0 Å². The first-order chi connectivity index (χ1) is 7.75. The number of ether oxygens (including phenoxy) is 1. The summed E-state index contributed by atoms with van der Waals surface area (Å²) in [5, 5.41) is 0.472. The van der Waals surface area contributed by atoms with Crippen LogP contribution in [0.25, 0.3) is 0 Å². The van der Waals surface area contributed by atoms with Gasteiger partial charge in [-0.1, -0.05) is 11.6 Å². The Labute approximate surface area is 97.9 Å². The first-order valence-corrected chi connectivity index (χ1v) is 5.47. The monoisotopic (exact) mass is 238 g/mol. The number of morpholine rings is 1. The van der Waals surface area contributed by atoms with Crippen LogP contribution in [0.4, 0.5) is 5.69 Å². The first kappa shape index (κ1) is 9.86. The molecule has 5 nitrogen and oxygen atoms in total.